The van der Waals surface area contributed by atoms with Crippen LogP contribution in [0.1, 0.15) is 5.56 Å². The van der Waals surface area contributed by atoms with Crippen molar-refractivity contribution >= 4 is 22.7 Å². The minimum absolute atomic E-state index is 0.211. The van der Waals surface area contributed by atoms with Crippen LogP contribution in [-0.2, 0) is 6.42 Å². The highest BCUT2D eigenvalue weighted by Crippen LogP contribution is 2.21. The van der Waals surface area contributed by atoms with Gasteiger partial charge in [0.05, 0.1) is 5.52 Å². The fourth-order valence-electron chi connectivity index (χ4n) is 3.66. The number of nitrogens with zero attached hydrogens (tertiary/aromatic N) is 4. The number of para-hydroxylation sites is 1. The molecule has 0 bridgehead atoms. The molecule has 2 aromatic carbocycles. The third kappa shape index (κ3) is 5.43. The summed E-state index contributed by atoms with van der Waals surface area (Å²) in [5, 5.41) is 7.85. The van der Waals surface area contributed by atoms with E-state index in [1.54, 1.807) is 0 Å². The Labute approximate surface area is 177 Å². The first kappa shape index (κ1) is 20.5. The number of hydrogen-bond donors (Lipinski definition) is 2. The highest BCUT2D eigenvalue weighted by atomic mass is 19.1. The lowest BCUT2D eigenvalue weighted by Gasteiger charge is -2.32. The molecule has 7 heteroatoms. The number of nitrogens with one attached hydrogen (secondary N) is 2. The maximum Gasteiger partial charge on any atom is 0.225 e. The number of aromatic nitrogens is 2. The number of piperazine rings is 1. The first-order valence-electron chi connectivity index (χ1n) is 10.6. The number of fused-ring (bicyclic) bond motifs is 1. The maximum absolute atomic E-state index is 13.1. The number of benzene rings is 2. The van der Waals surface area contributed by atoms with Crippen molar-refractivity contribution in [2.24, 2.45) is 0 Å². The van der Waals surface area contributed by atoms with Crippen molar-refractivity contribution in [3.05, 3.63) is 59.9 Å². The van der Waals surface area contributed by atoms with Gasteiger partial charge in [-0.2, -0.15) is 4.98 Å². The zero-order valence-electron chi connectivity index (χ0n) is 17.4. The van der Waals surface area contributed by atoms with Crippen LogP contribution >= 0.6 is 0 Å². The molecule has 1 aromatic heterocycles. The molecule has 0 spiro atoms. The zero-order chi connectivity index (χ0) is 20.8. The van der Waals surface area contributed by atoms with E-state index in [2.05, 4.69) is 38.5 Å². The highest BCUT2D eigenvalue weighted by molar-refractivity contribution is 5.90. The van der Waals surface area contributed by atoms with E-state index in [9.17, 15) is 4.39 Å². The second-order valence-corrected chi connectivity index (χ2v) is 7.79. The normalized spacial score (nSPS) is 15.4. The van der Waals surface area contributed by atoms with Gasteiger partial charge in [0.25, 0.3) is 0 Å². The van der Waals surface area contributed by atoms with Crippen molar-refractivity contribution in [1.82, 2.24) is 19.8 Å². The van der Waals surface area contributed by atoms with Gasteiger partial charge >= 0.3 is 0 Å². The van der Waals surface area contributed by atoms with E-state index in [0.717, 1.165) is 68.0 Å². The summed E-state index contributed by atoms with van der Waals surface area (Å²) in [5.74, 6) is 1.26. The molecule has 1 saturated heterocycles. The molecule has 1 aliphatic heterocycles. The van der Waals surface area contributed by atoms with E-state index in [1.165, 1.54) is 12.1 Å². The van der Waals surface area contributed by atoms with Crippen LogP contribution < -0.4 is 10.6 Å². The van der Waals surface area contributed by atoms with E-state index >= 15 is 0 Å². The summed E-state index contributed by atoms with van der Waals surface area (Å²) < 4.78 is 13.1. The fraction of sp³-hybridized carbons (Fsp3) is 0.391. The molecule has 30 heavy (non-hydrogen) atoms. The van der Waals surface area contributed by atoms with Gasteiger partial charge in [-0.05, 0) is 43.3 Å². The largest absolute Gasteiger partial charge is 0.368 e. The lowest BCUT2D eigenvalue weighted by Crippen LogP contribution is -2.45. The van der Waals surface area contributed by atoms with Crippen LogP contribution in [0.3, 0.4) is 0 Å². The predicted octanol–water partition coefficient (Wildman–Crippen LogP) is 3.08. The third-order valence-electron chi connectivity index (χ3n) is 5.53. The Morgan fingerprint density at radius 2 is 1.67 bits per heavy atom. The van der Waals surface area contributed by atoms with E-state index in [-0.39, 0.29) is 5.82 Å². The number of rotatable bonds is 8. The van der Waals surface area contributed by atoms with Gasteiger partial charge in [-0.25, -0.2) is 9.37 Å². The minimum Gasteiger partial charge on any atom is -0.368 e. The Morgan fingerprint density at radius 1 is 0.900 bits per heavy atom. The Bertz CT molecular complexity index is 954. The molecule has 0 unspecified atom stereocenters. The van der Waals surface area contributed by atoms with E-state index in [1.807, 2.05) is 30.3 Å². The van der Waals surface area contributed by atoms with Crippen molar-refractivity contribution in [2.45, 2.75) is 6.42 Å². The summed E-state index contributed by atoms with van der Waals surface area (Å²) in [6, 6.07) is 14.7. The smallest absolute Gasteiger partial charge is 0.225 e. The Balaban J connectivity index is 1.38. The van der Waals surface area contributed by atoms with Crippen molar-refractivity contribution in [1.29, 1.82) is 0 Å². The molecule has 3 aromatic rings. The molecule has 2 heterocycles. The van der Waals surface area contributed by atoms with E-state index in [0.29, 0.717) is 12.5 Å². The third-order valence-corrected chi connectivity index (χ3v) is 5.53. The summed E-state index contributed by atoms with van der Waals surface area (Å²) in [6.45, 7) is 7.00. The second-order valence-electron chi connectivity index (χ2n) is 7.79. The van der Waals surface area contributed by atoms with Crippen LogP contribution in [0.25, 0.3) is 10.9 Å². The molecular weight excluding hydrogens is 379 g/mol. The van der Waals surface area contributed by atoms with Crippen LogP contribution in [0.15, 0.2) is 48.5 Å². The summed E-state index contributed by atoms with van der Waals surface area (Å²) in [7, 11) is 2.17. The summed E-state index contributed by atoms with van der Waals surface area (Å²) in [5.41, 5.74) is 1.99. The molecule has 0 radical (unpaired) electrons. The average Bonchev–Trinajstić information content (AvgIpc) is 2.76. The summed E-state index contributed by atoms with van der Waals surface area (Å²) >= 11 is 0. The van der Waals surface area contributed by atoms with Gasteiger partial charge < -0.3 is 15.5 Å². The van der Waals surface area contributed by atoms with Gasteiger partial charge in [0.2, 0.25) is 5.95 Å². The van der Waals surface area contributed by atoms with Gasteiger partial charge in [-0.15, -0.1) is 0 Å². The number of hydrogen-bond acceptors (Lipinski definition) is 6. The SMILES string of the molecule is CN1CCN(CCNc2nc(NCCc3ccc(F)cc3)nc3ccccc23)CC1. The second kappa shape index (κ2) is 9.82. The van der Waals surface area contributed by atoms with E-state index in [4.69, 9.17) is 4.98 Å². The van der Waals surface area contributed by atoms with Crippen LogP contribution in [0.4, 0.5) is 16.2 Å². The van der Waals surface area contributed by atoms with E-state index < -0.39 is 0 Å². The molecule has 6 nitrogen and oxygen atoms in total. The van der Waals surface area contributed by atoms with Crippen molar-refractivity contribution in [2.75, 3.05) is 63.5 Å². The van der Waals surface area contributed by atoms with Crippen molar-refractivity contribution in [3.8, 4) is 0 Å². The Hall–Kier alpha value is -2.77. The highest BCUT2D eigenvalue weighted by Gasteiger charge is 2.13. The summed E-state index contributed by atoms with van der Waals surface area (Å²) in [4.78, 5) is 14.2. The molecule has 0 aliphatic carbocycles. The molecule has 2 N–H and O–H groups in total. The summed E-state index contributed by atoms with van der Waals surface area (Å²) in [6.07, 6.45) is 0.780. The molecular formula is C23H29FN6. The standard InChI is InChI=1S/C23H29FN6/c1-29-14-16-30(17-15-29)13-12-25-22-20-4-2-3-5-21(20)27-23(28-22)26-11-10-18-6-8-19(24)9-7-18/h2-9H,10-17H2,1H3,(H2,25,26,27,28). The molecule has 0 amide bonds. The van der Waals surface area contributed by atoms with Gasteiger partial charge in [0, 0.05) is 51.2 Å². The Kier molecular flexibility index (Phi) is 6.71. The van der Waals surface area contributed by atoms with Crippen LogP contribution in [0.2, 0.25) is 0 Å². The van der Waals surface area contributed by atoms with Gasteiger partial charge in [0.1, 0.15) is 11.6 Å². The quantitative estimate of drug-likeness (QED) is 0.598. The van der Waals surface area contributed by atoms with Gasteiger partial charge in [0.15, 0.2) is 0 Å². The molecule has 158 valence electrons. The van der Waals surface area contributed by atoms with Crippen molar-refractivity contribution < 1.29 is 4.39 Å². The molecule has 1 aliphatic rings. The number of anilines is 2. The minimum atomic E-state index is -0.211. The van der Waals surface area contributed by atoms with Crippen LogP contribution in [-0.4, -0.2) is 72.6 Å². The fourth-order valence-corrected chi connectivity index (χ4v) is 3.66. The zero-order valence-corrected chi connectivity index (χ0v) is 17.4. The first-order valence-corrected chi connectivity index (χ1v) is 10.6. The molecule has 0 atom stereocenters. The van der Waals surface area contributed by atoms with Crippen LogP contribution in [0.5, 0.6) is 0 Å². The lowest BCUT2D eigenvalue weighted by molar-refractivity contribution is 0.158. The number of likely N-dealkylation sites (N-methyl/N-ethyl adjacent to an activating group) is 1. The molecule has 0 saturated carbocycles. The van der Waals surface area contributed by atoms with Gasteiger partial charge in [-0.3, -0.25) is 4.90 Å². The Morgan fingerprint density at radius 3 is 2.47 bits per heavy atom. The average molecular weight is 409 g/mol. The molecule has 4 rings (SSSR count). The molecule has 1 fully saturated rings. The monoisotopic (exact) mass is 408 g/mol. The predicted molar refractivity (Wildman–Crippen MR) is 121 cm³/mol. The van der Waals surface area contributed by atoms with Crippen LogP contribution in [0, 0.1) is 5.82 Å². The lowest BCUT2D eigenvalue weighted by atomic mass is 10.1. The van der Waals surface area contributed by atoms with Crippen molar-refractivity contribution in [3.63, 3.8) is 0 Å². The topological polar surface area (TPSA) is 56.3 Å². The first-order chi connectivity index (χ1) is 14.7. The maximum atomic E-state index is 13.1. The van der Waals surface area contributed by atoms with Gasteiger partial charge in [-0.1, -0.05) is 24.3 Å². The number of halogens is 1.